The summed E-state index contributed by atoms with van der Waals surface area (Å²) in [6.45, 7) is 3.12. The molecule has 1 aromatic heterocycles. The molecule has 0 spiro atoms. The number of nitrogens with zero attached hydrogens (tertiary/aromatic N) is 2. The number of halogens is 1. The molecule has 1 aliphatic carbocycles. The van der Waals surface area contributed by atoms with Crippen molar-refractivity contribution in [3.8, 4) is 0 Å². The highest BCUT2D eigenvalue weighted by Crippen LogP contribution is 2.39. The summed E-state index contributed by atoms with van der Waals surface area (Å²) in [6.07, 6.45) is 4.42. The Labute approximate surface area is 134 Å². The second kappa shape index (κ2) is 6.56. The van der Waals surface area contributed by atoms with E-state index < -0.39 is 0 Å². The molecule has 0 unspecified atom stereocenters. The summed E-state index contributed by atoms with van der Waals surface area (Å²) in [6, 6.07) is 10.5. The Bertz CT molecular complexity index is 606. The van der Waals surface area contributed by atoms with Gasteiger partial charge in [0.1, 0.15) is 11.6 Å². The number of aromatic nitrogens is 2. The summed E-state index contributed by atoms with van der Waals surface area (Å²) in [7, 11) is 0. The number of hydrogen-bond acceptors (Lipinski definition) is 3. The fraction of sp³-hybridized carbons (Fsp3) is 0.412. The predicted molar refractivity (Wildman–Crippen MR) is 89.7 cm³/mol. The number of benzene rings is 1. The third-order valence-corrected chi connectivity index (χ3v) is 4.15. The van der Waals surface area contributed by atoms with Crippen LogP contribution in [0.3, 0.4) is 0 Å². The summed E-state index contributed by atoms with van der Waals surface area (Å²) < 4.78 is 1.10. The van der Waals surface area contributed by atoms with Gasteiger partial charge in [-0.1, -0.05) is 35.0 Å². The van der Waals surface area contributed by atoms with Crippen LogP contribution >= 0.6 is 15.9 Å². The Hall–Kier alpha value is -1.42. The molecule has 1 N–H and O–H groups in total. The van der Waals surface area contributed by atoms with E-state index in [0.717, 1.165) is 35.5 Å². The molecule has 1 fully saturated rings. The highest BCUT2D eigenvalue weighted by atomic mass is 79.9. The third kappa shape index (κ3) is 4.03. The first-order valence-corrected chi connectivity index (χ1v) is 8.40. The van der Waals surface area contributed by atoms with Crippen LogP contribution in [0.5, 0.6) is 0 Å². The van der Waals surface area contributed by atoms with Crippen molar-refractivity contribution in [2.75, 3.05) is 11.9 Å². The summed E-state index contributed by atoms with van der Waals surface area (Å²) in [4.78, 5) is 9.42. The first kappa shape index (κ1) is 14.5. The number of hydrogen-bond donors (Lipinski definition) is 1. The second-order valence-corrected chi connectivity index (χ2v) is 6.51. The van der Waals surface area contributed by atoms with Crippen molar-refractivity contribution >= 4 is 21.7 Å². The van der Waals surface area contributed by atoms with Crippen LogP contribution in [0.2, 0.25) is 0 Å². The molecule has 21 heavy (non-hydrogen) atoms. The molecule has 110 valence electrons. The van der Waals surface area contributed by atoms with Crippen LogP contribution in [-0.2, 0) is 6.42 Å². The van der Waals surface area contributed by atoms with Gasteiger partial charge in [0.2, 0.25) is 0 Å². The molecule has 1 saturated carbocycles. The van der Waals surface area contributed by atoms with Gasteiger partial charge in [-0.15, -0.1) is 0 Å². The minimum Gasteiger partial charge on any atom is -0.370 e. The van der Waals surface area contributed by atoms with Crippen molar-refractivity contribution in [1.82, 2.24) is 9.97 Å². The van der Waals surface area contributed by atoms with Gasteiger partial charge in [0.05, 0.1) is 0 Å². The Morgan fingerprint density at radius 3 is 2.62 bits per heavy atom. The predicted octanol–water partition coefficient (Wildman–Crippen LogP) is 4.53. The Morgan fingerprint density at radius 2 is 1.95 bits per heavy atom. The molecule has 1 aliphatic rings. The third-order valence-electron chi connectivity index (χ3n) is 3.62. The molecule has 1 heterocycles. The normalized spacial score (nSPS) is 14.2. The molecule has 3 nitrogen and oxygen atoms in total. The van der Waals surface area contributed by atoms with Crippen LogP contribution < -0.4 is 5.32 Å². The van der Waals surface area contributed by atoms with E-state index in [2.05, 4.69) is 63.5 Å². The maximum atomic E-state index is 4.76. The van der Waals surface area contributed by atoms with Gasteiger partial charge < -0.3 is 5.32 Å². The minimum absolute atomic E-state index is 0.652. The van der Waals surface area contributed by atoms with Gasteiger partial charge in [0.25, 0.3) is 0 Å². The van der Waals surface area contributed by atoms with Crippen LogP contribution in [0.15, 0.2) is 34.8 Å². The number of rotatable bonds is 6. The lowest BCUT2D eigenvalue weighted by Gasteiger charge is -2.09. The number of nitrogens with one attached hydrogen (secondary N) is 1. The van der Waals surface area contributed by atoms with Crippen LogP contribution in [-0.4, -0.2) is 16.5 Å². The topological polar surface area (TPSA) is 37.8 Å². The van der Waals surface area contributed by atoms with Gasteiger partial charge in [-0.3, -0.25) is 0 Å². The van der Waals surface area contributed by atoms with Crippen molar-refractivity contribution in [2.45, 2.75) is 38.5 Å². The summed E-state index contributed by atoms with van der Waals surface area (Å²) in [5, 5.41) is 3.39. The minimum atomic E-state index is 0.652. The van der Waals surface area contributed by atoms with Gasteiger partial charge in [0.15, 0.2) is 0 Å². The van der Waals surface area contributed by atoms with Crippen LogP contribution in [0.25, 0.3) is 0 Å². The maximum Gasteiger partial charge on any atom is 0.135 e. The molecule has 4 heteroatoms. The maximum absolute atomic E-state index is 4.76. The Morgan fingerprint density at radius 1 is 1.19 bits per heavy atom. The molecule has 0 aliphatic heterocycles. The first-order valence-electron chi connectivity index (χ1n) is 7.61. The average molecular weight is 346 g/mol. The van der Waals surface area contributed by atoms with Crippen LogP contribution in [0.1, 0.15) is 49.2 Å². The Balaban J connectivity index is 1.82. The highest BCUT2D eigenvalue weighted by molar-refractivity contribution is 9.10. The lowest BCUT2D eigenvalue weighted by molar-refractivity contribution is 0.887. The molecular weight excluding hydrogens is 326 g/mol. The molecule has 0 radical (unpaired) electrons. The molecule has 2 aromatic rings. The van der Waals surface area contributed by atoms with Crippen molar-refractivity contribution < 1.29 is 0 Å². The summed E-state index contributed by atoms with van der Waals surface area (Å²) in [5.74, 6) is 2.54. The highest BCUT2D eigenvalue weighted by Gasteiger charge is 2.26. The van der Waals surface area contributed by atoms with Gasteiger partial charge in [-0.05, 0) is 37.0 Å². The Kier molecular flexibility index (Phi) is 4.54. The first-order chi connectivity index (χ1) is 10.2. The van der Waals surface area contributed by atoms with E-state index in [1.807, 2.05) is 0 Å². The van der Waals surface area contributed by atoms with E-state index in [4.69, 9.17) is 4.98 Å². The van der Waals surface area contributed by atoms with E-state index in [9.17, 15) is 0 Å². The fourth-order valence-electron chi connectivity index (χ4n) is 2.31. The van der Waals surface area contributed by atoms with Crippen molar-refractivity contribution in [1.29, 1.82) is 0 Å². The van der Waals surface area contributed by atoms with Crippen molar-refractivity contribution in [2.24, 2.45) is 0 Å². The fourth-order valence-corrected chi connectivity index (χ4v) is 2.58. The molecule has 0 atom stereocenters. The van der Waals surface area contributed by atoms with E-state index in [1.54, 1.807) is 0 Å². The standard InChI is InChI=1S/C17H20BrN3/c1-2-9-19-16-11-15(13-5-6-13)20-17(21-16)10-12-3-7-14(18)8-4-12/h3-4,7-8,11,13H,2,5-6,9-10H2,1H3,(H,19,20,21). The lowest BCUT2D eigenvalue weighted by Crippen LogP contribution is -2.07. The van der Waals surface area contributed by atoms with Gasteiger partial charge in [0, 0.05) is 35.1 Å². The molecule has 0 amide bonds. The van der Waals surface area contributed by atoms with E-state index in [0.29, 0.717) is 5.92 Å². The van der Waals surface area contributed by atoms with E-state index >= 15 is 0 Å². The zero-order valence-corrected chi connectivity index (χ0v) is 13.9. The molecule has 1 aromatic carbocycles. The van der Waals surface area contributed by atoms with Crippen molar-refractivity contribution in [3.63, 3.8) is 0 Å². The average Bonchev–Trinajstić information content (AvgIpc) is 3.32. The van der Waals surface area contributed by atoms with Crippen LogP contribution in [0.4, 0.5) is 5.82 Å². The quantitative estimate of drug-likeness (QED) is 0.835. The smallest absolute Gasteiger partial charge is 0.135 e. The SMILES string of the molecule is CCCNc1cc(C2CC2)nc(Cc2ccc(Br)cc2)n1. The van der Waals surface area contributed by atoms with Crippen LogP contribution in [0, 0.1) is 0 Å². The zero-order valence-electron chi connectivity index (χ0n) is 12.3. The van der Waals surface area contributed by atoms with E-state index in [1.165, 1.54) is 24.1 Å². The molecular formula is C17H20BrN3. The summed E-state index contributed by atoms with van der Waals surface area (Å²) >= 11 is 3.47. The van der Waals surface area contributed by atoms with Gasteiger partial charge in [-0.2, -0.15) is 0 Å². The van der Waals surface area contributed by atoms with Gasteiger partial charge in [-0.25, -0.2) is 9.97 Å². The van der Waals surface area contributed by atoms with Gasteiger partial charge >= 0.3 is 0 Å². The van der Waals surface area contributed by atoms with E-state index in [-0.39, 0.29) is 0 Å². The number of anilines is 1. The molecule has 0 bridgehead atoms. The lowest BCUT2D eigenvalue weighted by atomic mass is 10.1. The second-order valence-electron chi connectivity index (χ2n) is 5.60. The largest absolute Gasteiger partial charge is 0.370 e. The molecule has 3 rings (SSSR count). The summed E-state index contributed by atoms with van der Waals surface area (Å²) in [5.41, 5.74) is 2.45. The monoisotopic (exact) mass is 345 g/mol. The molecule has 0 saturated heterocycles. The van der Waals surface area contributed by atoms with Crippen molar-refractivity contribution in [3.05, 3.63) is 51.9 Å². The zero-order chi connectivity index (χ0) is 14.7.